The van der Waals surface area contributed by atoms with Crippen LogP contribution in [0.3, 0.4) is 0 Å². The summed E-state index contributed by atoms with van der Waals surface area (Å²) in [6, 6.07) is 17.5. The normalized spacial score (nSPS) is 10.6. The average molecular weight is 283 g/mol. The third-order valence-electron chi connectivity index (χ3n) is 2.76. The van der Waals surface area contributed by atoms with Crippen LogP contribution >= 0.6 is 11.8 Å². The van der Waals surface area contributed by atoms with Gasteiger partial charge in [0.05, 0.1) is 5.75 Å². The Kier molecular flexibility index (Phi) is 3.69. The van der Waals surface area contributed by atoms with E-state index < -0.39 is 0 Å². The Morgan fingerprint density at radius 1 is 0.950 bits per heavy atom. The first-order valence-corrected chi connectivity index (χ1v) is 7.16. The molecule has 0 unspecified atom stereocenters. The van der Waals surface area contributed by atoms with Gasteiger partial charge in [-0.1, -0.05) is 30.3 Å². The van der Waals surface area contributed by atoms with E-state index in [0.29, 0.717) is 17.5 Å². The second-order valence-corrected chi connectivity index (χ2v) is 5.21. The van der Waals surface area contributed by atoms with Gasteiger partial charge >= 0.3 is 0 Å². The maximum absolute atomic E-state index is 5.89. The highest BCUT2D eigenvalue weighted by atomic mass is 32.2. The van der Waals surface area contributed by atoms with E-state index in [1.807, 2.05) is 54.6 Å². The standard InChI is InChI=1S/C15H13N3OS/c16-12-8-4-5-9-13(12)20-10-14-17-18-15(19-14)11-6-2-1-3-7-11/h1-9H,10,16H2. The van der Waals surface area contributed by atoms with Crippen LogP contribution in [0.2, 0.25) is 0 Å². The van der Waals surface area contributed by atoms with E-state index in [1.165, 1.54) is 0 Å². The minimum absolute atomic E-state index is 0.544. The lowest BCUT2D eigenvalue weighted by Crippen LogP contribution is -1.88. The van der Waals surface area contributed by atoms with Crippen molar-refractivity contribution in [1.29, 1.82) is 0 Å². The zero-order chi connectivity index (χ0) is 13.8. The molecule has 0 aliphatic carbocycles. The summed E-state index contributed by atoms with van der Waals surface area (Å²) in [7, 11) is 0. The molecule has 0 radical (unpaired) electrons. The fraction of sp³-hybridized carbons (Fsp3) is 0.0667. The summed E-state index contributed by atoms with van der Waals surface area (Å²) < 4.78 is 5.65. The Balaban J connectivity index is 1.71. The largest absolute Gasteiger partial charge is 0.420 e. The van der Waals surface area contributed by atoms with Crippen molar-refractivity contribution in [2.24, 2.45) is 0 Å². The predicted molar refractivity (Wildman–Crippen MR) is 80.1 cm³/mol. The Morgan fingerprint density at radius 3 is 2.50 bits per heavy atom. The molecule has 0 saturated carbocycles. The first-order chi connectivity index (χ1) is 9.83. The van der Waals surface area contributed by atoms with Gasteiger partial charge in [0.1, 0.15) is 0 Å². The van der Waals surface area contributed by atoms with Crippen LogP contribution in [0.4, 0.5) is 5.69 Å². The first-order valence-electron chi connectivity index (χ1n) is 6.18. The quantitative estimate of drug-likeness (QED) is 0.585. The zero-order valence-corrected chi connectivity index (χ0v) is 11.5. The highest BCUT2D eigenvalue weighted by molar-refractivity contribution is 7.98. The third kappa shape index (κ3) is 2.83. The topological polar surface area (TPSA) is 64.9 Å². The smallest absolute Gasteiger partial charge is 0.247 e. The van der Waals surface area contributed by atoms with E-state index >= 15 is 0 Å². The number of rotatable bonds is 4. The van der Waals surface area contributed by atoms with Crippen LogP contribution in [0.15, 0.2) is 63.9 Å². The number of nitrogens with zero attached hydrogens (tertiary/aromatic N) is 2. The summed E-state index contributed by atoms with van der Waals surface area (Å²) in [5, 5.41) is 8.12. The van der Waals surface area contributed by atoms with Crippen LogP contribution < -0.4 is 5.73 Å². The lowest BCUT2D eigenvalue weighted by molar-refractivity contribution is 0.528. The summed E-state index contributed by atoms with van der Waals surface area (Å²) >= 11 is 1.59. The number of hydrogen-bond donors (Lipinski definition) is 1. The van der Waals surface area contributed by atoms with Crippen molar-refractivity contribution in [2.45, 2.75) is 10.6 Å². The minimum atomic E-state index is 0.544. The summed E-state index contributed by atoms with van der Waals surface area (Å²) in [6.07, 6.45) is 0. The Hall–Kier alpha value is -2.27. The van der Waals surface area contributed by atoms with Gasteiger partial charge in [0.15, 0.2) is 0 Å². The number of benzene rings is 2. The SMILES string of the molecule is Nc1ccccc1SCc1nnc(-c2ccccc2)o1. The average Bonchev–Trinajstić information content (AvgIpc) is 2.96. The molecule has 0 atom stereocenters. The van der Waals surface area contributed by atoms with Gasteiger partial charge in [-0.15, -0.1) is 22.0 Å². The molecular weight excluding hydrogens is 270 g/mol. The van der Waals surface area contributed by atoms with E-state index in [9.17, 15) is 0 Å². The van der Waals surface area contributed by atoms with Crippen LogP contribution in [0.25, 0.3) is 11.5 Å². The molecule has 20 heavy (non-hydrogen) atoms. The highest BCUT2D eigenvalue weighted by Gasteiger charge is 2.09. The number of anilines is 1. The second-order valence-electron chi connectivity index (χ2n) is 4.19. The van der Waals surface area contributed by atoms with Crippen molar-refractivity contribution in [1.82, 2.24) is 10.2 Å². The molecule has 0 bridgehead atoms. The van der Waals surface area contributed by atoms with Crippen LogP contribution in [0.5, 0.6) is 0 Å². The molecule has 4 nitrogen and oxygen atoms in total. The number of nitrogen functional groups attached to an aromatic ring is 1. The molecule has 5 heteroatoms. The minimum Gasteiger partial charge on any atom is -0.420 e. The van der Waals surface area contributed by atoms with Crippen LogP contribution in [0.1, 0.15) is 5.89 Å². The monoisotopic (exact) mass is 283 g/mol. The molecule has 100 valence electrons. The Bertz CT molecular complexity index is 697. The molecule has 0 saturated heterocycles. The van der Waals surface area contributed by atoms with Crippen LogP contribution in [-0.2, 0) is 5.75 Å². The highest BCUT2D eigenvalue weighted by Crippen LogP contribution is 2.28. The molecule has 0 aliphatic rings. The van der Waals surface area contributed by atoms with Crippen molar-refractivity contribution in [3.63, 3.8) is 0 Å². The molecule has 0 amide bonds. The second kappa shape index (κ2) is 5.79. The number of aromatic nitrogens is 2. The molecule has 0 fully saturated rings. The zero-order valence-electron chi connectivity index (χ0n) is 10.7. The van der Waals surface area contributed by atoms with Crippen molar-refractivity contribution < 1.29 is 4.42 Å². The molecule has 3 aromatic rings. The lowest BCUT2D eigenvalue weighted by atomic mass is 10.2. The summed E-state index contributed by atoms with van der Waals surface area (Å²) in [5.41, 5.74) is 7.58. The predicted octanol–water partition coefficient (Wildman–Crippen LogP) is 3.61. The van der Waals surface area contributed by atoms with Crippen molar-refractivity contribution in [3.05, 3.63) is 60.5 Å². The van der Waals surface area contributed by atoms with Crippen molar-refractivity contribution >= 4 is 17.4 Å². The Labute approximate surface area is 121 Å². The summed E-state index contributed by atoms with van der Waals surface area (Å²) in [5.74, 6) is 1.74. The maximum Gasteiger partial charge on any atom is 0.247 e. The van der Waals surface area contributed by atoms with E-state index in [1.54, 1.807) is 11.8 Å². The number of hydrogen-bond acceptors (Lipinski definition) is 5. The van der Waals surface area contributed by atoms with Crippen LogP contribution in [0, 0.1) is 0 Å². The van der Waals surface area contributed by atoms with Gasteiger partial charge in [0, 0.05) is 16.1 Å². The van der Waals surface area contributed by atoms with E-state index in [2.05, 4.69) is 10.2 Å². The number of nitrogens with two attached hydrogens (primary N) is 1. The first kappa shape index (κ1) is 12.7. The fourth-order valence-electron chi connectivity index (χ4n) is 1.76. The fourth-order valence-corrected chi connectivity index (χ4v) is 2.57. The van der Waals surface area contributed by atoms with Crippen molar-refractivity contribution in [2.75, 3.05) is 5.73 Å². The van der Waals surface area contributed by atoms with Gasteiger partial charge in [-0.05, 0) is 24.3 Å². The molecule has 0 spiro atoms. The number of para-hydroxylation sites is 1. The molecule has 2 aromatic carbocycles. The summed E-state index contributed by atoms with van der Waals surface area (Å²) in [4.78, 5) is 1.02. The van der Waals surface area contributed by atoms with Gasteiger partial charge in [-0.2, -0.15) is 0 Å². The van der Waals surface area contributed by atoms with Gasteiger partial charge in [-0.3, -0.25) is 0 Å². The molecule has 0 aliphatic heterocycles. The van der Waals surface area contributed by atoms with Crippen molar-refractivity contribution in [3.8, 4) is 11.5 Å². The Morgan fingerprint density at radius 2 is 1.70 bits per heavy atom. The third-order valence-corrected chi connectivity index (χ3v) is 3.83. The van der Waals surface area contributed by atoms with Gasteiger partial charge in [-0.25, -0.2) is 0 Å². The van der Waals surface area contributed by atoms with E-state index in [-0.39, 0.29) is 0 Å². The molecule has 1 aromatic heterocycles. The molecule has 2 N–H and O–H groups in total. The van der Waals surface area contributed by atoms with Crippen LogP contribution in [-0.4, -0.2) is 10.2 Å². The lowest BCUT2D eigenvalue weighted by Gasteiger charge is -2.01. The van der Waals surface area contributed by atoms with Gasteiger partial charge in [0.25, 0.3) is 0 Å². The van der Waals surface area contributed by atoms with E-state index in [0.717, 1.165) is 16.1 Å². The van der Waals surface area contributed by atoms with E-state index in [4.69, 9.17) is 10.2 Å². The maximum atomic E-state index is 5.89. The molecular formula is C15H13N3OS. The van der Waals surface area contributed by atoms with Gasteiger partial charge in [0.2, 0.25) is 11.8 Å². The molecule has 3 rings (SSSR count). The summed E-state index contributed by atoms with van der Waals surface area (Å²) in [6.45, 7) is 0. The molecule has 1 heterocycles. The van der Waals surface area contributed by atoms with Gasteiger partial charge < -0.3 is 10.2 Å². The number of thioether (sulfide) groups is 1.